The second-order valence-corrected chi connectivity index (χ2v) is 5.70. The topological polar surface area (TPSA) is 41.1 Å². The van der Waals surface area contributed by atoms with E-state index in [1.807, 2.05) is 0 Å². The van der Waals surface area contributed by atoms with Crippen molar-refractivity contribution >= 4 is 18.3 Å². The Labute approximate surface area is 111 Å². The Balaban J connectivity index is 0.00000144. The van der Waals surface area contributed by atoms with Gasteiger partial charge >= 0.3 is 0 Å². The molecule has 0 bridgehead atoms. The molecule has 0 aromatic heterocycles. The highest BCUT2D eigenvalue weighted by Crippen LogP contribution is 2.28. The molecule has 0 aromatic rings. The van der Waals surface area contributed by atoms with Crippen LogP contribution in [0.25, 0.3) is 0 Å². The van der Waals surface area contributed by atoms with Gasteiger partial charge in [-0.15, -0.1) is 12.4 Å². The Kier molecular flexibility index (Phi) is 5.74. The zero-order valence-electron chi connectivity index (χ0n) is 10.9. The van der Waals surface area contributed by atoms with Crippen LogP contribution >= 0.6 is 12.4 Å². The van der Waals surface area contributed by atoms with Crippen LogP contribution in [-0.2, 0) is 4.79 Å². The van der Waals surface area contributed by atoms with Crippen molar-refractivity contribution < 1.29 is 4.79 Å². The van der Waals surface area contributed by atoms with Crippen molar-refractivity contribution in [1.29, 1.82) is 0 Å². The second kappa shape index (κ2) is 6.60. The molecular formula is C13H25ClN2O. The van der Waals surface area contributed by atoms with Crippen molar-refractivity contribution in [3.05, 3.63) is 0 Å². The number of amides is 1. The fourth-order valence-electron chi connectivity index (χ4n) is 3.06. The Morgan fingerprint density at radius 1 is 1.24 bits per heavy atom. The van der Waals surface area contributed by atoms with Crippen LogP contribution in [0.2, 0.25) is 0 Å². The van der Waals surface area contributed by atoms with E-state index in [0.717, 1.165) is 31.8 Å². The third kappa shape index (κ3) is 3.85. The molecule has 2 rings (SSSR count). The highest BCUT2D eigenvalue weighted by atomic mass is 35.5. The van der Waals surface area contributed by atoms with E-state index in [4.69, 9.17) is 0 Å². The molecule has 0 radical (unpaired) electrons. The summed E-state index contributed by atoms with van der Waals surface area (Å²) in [5.74, 6) is 1.96. The van der Waals surface area contributed by atoms with Crippen LogP contribution in [0.5, 0.6) is 0 Å². The lowest BCUT2D eigenvalue weighted by Gasteiger charge is -2.33. The molecule has 4 atom stereocenters. The highest BCUT2D eigenvalue weighted by Gasteiger charge is 2.29. The van der Waals surface area contributed by atoms with Gasteiger partial charge in [0.1, 0.15) is 0 Å². The maximum Gasteiger partial charge on any atom is 0.224 e. The second-order valence-electron chi connectivity index (χ2n) is 5.70. The number of hydrogen-bond donors (Lipinski definition) is 2. The molecule has 1 aliphatic heterocycles. The third-order valence-electron chi connectivity index (χ3n) is 4.19. The standard InChI is InChI=1S/C13H24N2O.ClH/c1-9-3-4-12(10(2)7-9)15-13(16)11-5-6-14-8-11;/h9-12,14H,3-8H2,1-2H3,(H,15,16);1H. The van der Waals surface area contributed by atoms with Gasteiger partial charge in [-0.2, -0.15) is 0 Å². The summed E-state index contributed by atoms with van der Waals surface area (Å²) in [4.78, 5) is 12.0. The molecule has 17 heavy (non-hydrogen) atoms. The summed E-state index contributed by atoms with van der Waals surface area (Å²) in [7, 11) is 0. The molecule has 3 nitrogen and oxygen atoms in total. The van der Waals surface area contributed by atoms with Gasteiger partial charge in [-0.1, -0.05) is 13.8 Å². The molecule has 2 fully saturated rings. The predicted octanol–water partition coefficient (Wildman–Crippen LogP) is 1.96. The van der Waals surface area contributed by atoms with Crippen LogP contribution in [0.3, 0.4) is 0 Å². The van der Waals surface area contributed by atoms with Gasteiger partial charge in [-0.25, -0.2) is 0 Å². The molecule has 2 aliphatic rings. The Hall–Kier alpha value is -0.280. The molecule has 4 heteroatoms. The molecular weight excluding hydrogens is 236 g/mol. The van der Waals surface area contributed by atoms with E-state index in [-0.39, 0.29) is 24.2 Å². The molecule has 1 aliphatic carbocycles. The molecule has 4 unspecified atom stereocenters. The lowest BCUT2D eigenvalue weighted by Crippen LogP contribution is -2.45. The number of rotatable bonds is 2. The van der Waals surface area contributed by atoms with Crippen LogP contribution < -0.4 is 10.6 Å². The minimum Gasteiger partial charge on any atom is -0.353 e. The summed E-state index contributed by atoms with van der Waals surface area (Å²) in [5.41, 5.74) is 0. The van der Waals surface area contributed by atoms with Crippen LogP contribution in [0, 0.1) is 17.8 Å². The maximum absolute atomic E-state index is 12.0. The molecule has 1 saturated carbocycles. The first-order chi connectivity index (χ1) is 7.66. The molecule has 100 valence electrons. The fourth-order valence-corrected chi connectivity index (χ4v) is 3.06. The first-order valence-corrected chi connectivity index (χ1v) is 6.68. The van der Waals surface area contributed by atoms with Gasteiger partial charge in [0.2, 0.25) is 5.91 Å². The number of nitrogens with one attached hydrogen (secondary N) is 2. The van der Waals surface area contributed by atoms with Gasteiger partial charge in [-0.3, -0.25) is 4.79 Å². The Bertz CT molecular complexity index is 254. The number of halogens is 1. The van der Waals surface area contributed by atoms with E-state index >= 15 is 0 Å². The fraction of sp³-hybridized carbons (Fsp3) is 0.923. The molecule has 0 aromatic carbocycles. The molecule has 2 N–H and O–H groups in total. The lowest BCUT2D eigenvalue weighted by molar-refractivity contribution is -0.125. The van der Waals surface area contributed by atoms with Gasteiger partial charge in [0.05, 0.1) is 5.92 Å². The Morgan fingerprint density at radius 3 is 2.59 bits per heavy atom. The van der Waals surface area contributed by atoms with Crippen molar-refractivity contribution in [2.45, 2.75) is 45.6 Å². The van der Waals surface area contributed by atoms with Gasteiger partial charge in [0.15, 0.2) is 0 Å². The summed E-state index contributed by atoms with van der Waals surface area (Å²) in [5, 5.41) is 6.50. The molecule has 0 spiro atoms. The zero-order chi connectivity index (χ0) is 11.5. The number of hydrogen-bond acceptors (Lipinski definition) is 2. The number of carbonyl (C=O) groups excluding carboxylic acids is 1. The lowest BCUT2D eigenvalue weighted by atomic mass is 9.79. The van der Waals surface area contributed by atoms with Crippen molar-refractivity contribution in [2.75, 3.05) is 13.1 Å². The highest BCUT2D eigenvalue weighted by molar-refractivity contribution is 5.85. The SMILES string of the molecule is CC1CCC(NC(=O)C2CCNC2)C(C)C1.Cl. The maximum atomic E-state index is 12.0. The van der Waals surface area contributed by atoms with Crippen LogP contribution in [0.4, 0.5) is 0 Å². The average Bonchev–Trinajstić information content (AvgIpc) is 2.75. The van der Waals surface area contributed by atoms with E-state index in [9.17, 15) is 4.79 Å². The predicted molar refractivity (Wildman–Crippen MR) is 72.3 cm³/mol. The van der Waals surface area contributed by atoms with E-state index in [2.05, 4.69) is 24.5 Å². The van der Waals surface area contributed by atoms with Crippen LogP contribution in [0.15, 0.2) is 0 Å². The van der Waals surface area contributed by atoms with E-state index in [0.29, 0.717) is 12.0 Å². The largest absolute Gasteiger partial charge is 0.353 e. The monoisotopic (exact) mass is 260 g/mol. The van der Waals surface area contributed by atoms with Gasteiger partial charge in [0.25, 0.3) is 0 Å². The zero-order valence-corrected chi connectivity index (χ0v) is 11.7. The molecule has 1 saturated heterocycles. The van der Waals surface area contributed by atoms with Crippen molar-refractivity contribution in [1.82, 2.24) is 10.6 Å². The summed E-state index contributed by atoms with van der Waals surface area (Å²) in [6, 6.07) is 0.421. The minimum atomic E-state index is 0. The summed E-state index contributed by atoms with van der Waals surface area (Å²) < 4.78 is 0. The average molecular weight is 261 g/mol. The first kappa shape index (κ1) is 14.8. The van der Waals surface area contributed by atoms with E-state index < -0.39 is 0 Å². The van der Waals surface area contributed by atoms with Gasteiger partial charge < -0.3 is 10.6 Å². The van der Waals surface area contributed by atoms with E-state index in [1.54, 1.807) is 0 Å². The quantitative estimate of drug-likeness (QED) is 0.797. The van der Waals surface area contributed by atoms with Crippen LogP contribution in [-0.4, -0.2) is 25.0 Å². The molecule has 1 heterocycles. The van der Waals surface area contributed by atoms with Gasteiger partial charge in [0, 0.05) is 12.6 Å². The summed E-state index contributed by atoms with van der Waals surface area (Å²) in [6.07, 6.45) is 4.68. The van der Waals surface area contributed by atoms with Crippen molar-refractivity contribution in [3.63, 3.8) is 0 Å². The van der Waals surface area contributed by atoms with Gasteiger partial charge in [-0.05, 0) is 44.1 Å². The minimum absolute atomic E-state index is 0. The summed E-state index contributed by atoms with van der Waals surface area (Å²) in [6.45, 7) is 6.45. The van der Waals surface area contributed by atoms with Crippen molar-refractivity contribution in [3.8, 4) is 0 Å². The Morgan fingerprint density at radius 2 is 2.00 bits per heavy atom. The van der Waals surface area contributed by atoms with Crippen molar-refractivity contribution in [2.24, 2.45) is 17.8 Å². The number of carbonyl (C=O) groups is 1. The normalized spacial score (nSPS) is 37.3. The van der Waals surface area contributed by atoms with Crippen LogP contribution in [0.1, 0.15) is 39.5 Å². The van der Waals surface area contributed by atoms with E-state index in [1.165, 1.54) is 12.8 Å². The first-order valence-electron chi connectivity index (χ1n) is 6.68. The molecule has 1 amide bonds. The summed E-state index contributed by atoms with van der Waals surface area (Å²) >= 11 is 0. The smallest absolute Gasteiger partial charge is 0.224 e. The third-order valence-corrected chi connectivity index (χ3v) is 4.19.